The maximum Gasteiger partial charge on any atom is 0.514 e. The molecule has 0 bridgehead atoms. The Morgan fingerprint density at radius 1 is 1.09 bits per heavy atom. The zero-order valence-corrected chi connectivity index (χ0v) is 11.4. The van der Waals surface area contributed by atoms with Gasteiger partial charge in [0.1, 0.15) is 18.0 Å². The van der Waals surface area contributed by atoms with Crippen molar-refractivity contribution in [3.8, 4) is 5.75 Å². The van der Waals surface area contributed by atoms with Gasteiger partial charge in [-0.2, -0.15) is 0 Å². The first-order valence-electron chi connectivity index (χ1n) is 6.28. The molecule has 0 spiro atoms. The van der Waals surface area contributed by atoms with Gasteiger partial charge in [-0.15, -0.1) is 4.91 Å². The van der Waals surface area contributed by atoms with Gasteiger partial charge in [-0.25, -0.2) is 4.79 Å². The van der Waals surface area contributed by atoms with Gasteiger partial charge in [-0.1, -0.05) is 12.1 Å². The fourth-order valence-electron chi connectivity index (χ4n) is 1.61. The maximum atomic E-state index is 11.5. The highest BCUT2D eigenvalue weighted by molar-refractivity contribution is 5.71. The standard InChI is InChI=1S/C15H12N2O5/c18-10-16-12-3-1-11(2-4-12)9-21-15(19)22-14-7-5-13(17-20)6-8-14/h1-8,10H,9H2,(H,16,18). The third-order valence-corrected chi connectivity index (χ3v) is 2.68. The van der Waals surface area contributed by atoms with E-state index in [0.29, 0.717) is 12.1 Å². The van der Waals surface area contributed by atoms with E-state index >= 15 is 0 Å². The normalized spacial score (nSPS) is 9.64. The van der Waals surface area contributed by atoms with Gasteiger partial charge in [0, 0.05) is 5.69 Å². The number of nitrogens with one attached hydrogen (secondary N) is 1. The molecular formula is C15H12N2O5. The molecule has 2 rings (SSSR count). The van der Waals surface area contributed by atoms with E-state index in [1.165, 1.54) is 24.3 Å². The van der Waals surface area contributed by atoms with Gasteiger partial charge in [0.05, 0.1) is 0 Å². The van der Waals surface area contributed by atoms with Crippen LogP contribution >= 0.6 is 0 Å². The highest BCUT2D eigenvalue weighted by atomic mass is 16.7. The van der Waals surface area contributed by atoms with Crippen molar-refractivity contribution in [1.29, 1.82) is 0 Å². The van der Waals surface area contributed by atoms with Crippen LogP contribution in [0.3, 0.4) is 0 Å². The number of hydrogen-bond acceptors (Lipinski definition) is 6. The van der Waals surface area contributed by atoms with E-state index < -0.39 is 6.16 Å². The first kappa shape index (κ1) is 15.2. The summed E-state index contributed by atoms with van der Waals surface area (Å²) in [7, 11) is 0. The van der Waals surface area contributed by atoms with Crippen LogP contribution < -0.4 is 10.1 Å². The number of nitroso groups, excluding NO2 is 1. The van der Waals surface area contributed by atoms with E-state index in [2.05, 4.69) is 10.5 Å². The summed E-state index contributed by atoms with van der Waals surface area (Å²) >= 11 is 0. The average Bonchev–Trinajstić information content (AvgIpc) is 2.55. The SMILES string of the molecule is O=CNc1ccc(COC(=O)Oc2ccc(N=O)cc2)cc1. The highest BCUT2D eigenvalue weighted by Crippen LogP contribution is 2.18. The summed E-state index contributed by atoms with van der Waals surface area (Å²) in [5, 5.41) is 5.24. The molecular weight excluding hydrogens is 288 g/mol. The Labute approximate surface area is 125 Å². The largest absolute Gasteiger partial charge is 0.514 e. The minimum Gasteiger partial charge on any atom is -0.429 e. The minimum atomic E-state index is -0.859. The average molecular weight is 300 g/mol. The molecule has 0 atom stereocenters. The number of benzene rings is 2. The fraction of sp³-hybridized carbons (Fsp3) is 0.0667. The first-order chi connectivity index (χ1) is 10.7. The van der Waals surface area contributed by atoms with Crippen molar-refractivity contribution in [2.24, 2.45) is 5.18 Å². The fourth-order valence-corrected chi connectivity index (χ4v) is 1.61. The lowest BCUT2D eigenvalue weighted by atomic mass is 10.2. The van der Waals surface area contributed by atoms with Crippen LogP contribution in [-0.4, -0.2) is 12.6 Å². The predicted molar refractivity (Wildman–Crippen MR) is 78.8 cm³/mol. The molecule has 7 heteroatoms. The summed E-state index contributed by atoms with van der Waals surface area (Å²) in [6, 6.07) is 12.5. The van der Waals surface area contributed by atoms with Gasteiger partial charge < -0.3 is 14.8 Å². The summed E-state index contributed by atoms with van der Waals surface area (Å²) in [4.78, 5) is 32.0. The van der Waals surface area contributed by atoms with Crippen LogP contribution in [0.5, 0.6) is 5.75 Å². The highest BCUT2D eigenvalue weighted by Gasteiger charge is 2.07. The van der Waals surface area contributed by atoms with Gasteiger partial charge in [0.25, 0.3) is 0 Å². The summed E-state index contributed by atoms with van der Waals surface area (Å²) in [5.41, 5.74) is 1.63. The molecule has 112 valence electrons. The number of nitrogens with zero attached hydrogens (tertiary/aromatic N) is 1. The second-order valence-electron chi connectivity index (χ2n) is 4.19. The molecule has 2 aromatic rings. The van der Waals surface area contributed by atoms with Crippen LogP contribution in [0.1, 0.15) is 5.56 Å². The third kappa shape index (κ3) is 4.41. The lowest BCUT2D eigenvalue weighted by Crippen LogP contribution is -2.10. The Kier molecular flexibility index (Phi) is 5.20. The third-order valence-electron chi connectivity index (χ3n) is 2.68. The molecule has 0 heterocycles. The minimum absolute atomic E-state index is 0.0359. The van der Waals surface area contributed by atoms with Crippen molar-refractivity contribution in [3.63, 3.8) is 0 Å². The van der Waals surface area contributed by atoms with Gasteiger partial charge in [-0.05, 0) is 47.1 Å². The van der Waals surface area contributed by atoms with Crippen LogP contribution in [0.15, 0.2) is 53.7 Å². The lowest BCUT2D eigenvalue weighted by molar-refractivity contribution is -0.105. The molecule has 0 saturated carbocycles. The van der Waals surface area contributed by atoms with Gasteiger partial charge in [0.15, 0.2) is 0 Å². The Balaban J connectivity index is 1.83. The van der Waals surface area contributed by atoms with E-state index in [0.717, 1.165) is 5.56 Å². The first-order valence-corrected chi connectivity index (χ1v) is 6.28. The zero-order valence-electron chi connectivity index (χ0n) is 11.4. The van der Waals surface area contributed by atoms with Crippen LogP contribution in [0.4, 0.5) is 16.2 Å². The van der Waals surface area contributed by atoms with Gasteiger partial charge in [-0.3, -0.25) is 4.79 Å². The van der Waals surface area contributed by atoms with E-state index in [-0.39, 0.29) is 18.0 Å². The molecule has 0 aliphatic carbocycles. The topological polar surface area (TPSA) is 94.1 Å². The van der Waals surface area contributed by atoms with Crippen molar-refractivity contribution in [2.75, 3.05) is 5.32 Å². The van der Waals surface area contributed by atoms with E-state index in [1.54, 1.807) is 24.3 Å². The van der Waals surface area contributed by atoms with Gasteiger partial charge >= 0.3 is 6.16 Å². The number of amides is 1. The van der Waals surface area contributed by atoms with Crippen LogP contribution in [0.25, 0.3) is 0 Å². The lowest BCUT2D eigenvalue weighted by Gasteiger charge is -2.06. The monoisotopic (exact) mass is 300 g/mol. The smallest absolute Gasteiger partial charge is 0.429 e. The van der Waals surface area contributed by atoms with E-state index in [1.807, 2.05) is 0 Å². The van der Waals surface area contributed by atoms with Crippen LogP contribution in [0.2, 0.25) is 0 Å². The summed E-state index contributed by atoms with van der Waals surface area (Å²) in [6.07, 6.45) is -0.282. The summed E-state index contributed by atoms with van der Waals surface area (Å²) in [5.74, 6) is 0.253. The molecule has 0 saturated heterocycles. The van der Waals surface area contributed by atoms with Gasteiger partial charge in [0.2, 0.25) is 6.41 Å². The number of anilines is 1. The molecule has 0 aliphatic heterocycles. The molecule has 2 aromatic carbocycles. The Hall–Kier alpha value is -3.22. The molecule has 0 radical (unpaired) electrons. The molecule has 0 aliphatic rings. The van der Waals surface area contributed by atoms with Crippen molar-refractivity contribution >= 4 is 23.9 Å². The van der Waals surface area contributed by atoms with Crippen molar-refractivity contribution < 1.29 is 19.1 Å². The van der Waals surface area contributed by atoms with Crippen molar-refractivity contribution in [2.45, 2.75) is 6.61 Å². The number of carbonyl (C=O) groups is 2. The van der Waals surface area contributed by atoms with E-state index in [4.69, 9.17) is 9.47 Å². The molecule has 1 N–H and O–H groups in total. The Morgan fingerprint density at radius 2 is 1.77 bits per heavy atom. The Morgan fingerprint density at radius 3 is 2.36 bits per heavy atom. The zero-order chi connectivity index (χ0) is 15.8. The summed E-state index contributed by atoms with van der Waals surface area (Å²) < 4.78 is 9.89. The second kappa shape index (κ2) is 7.53. The molecule has 0 aromatic heterocycles. The van der Waals surface area contributed by atoms with E-state index in [9.17, 15) is 14.5 Å². The van der Waals surface area contributed by atoms with Crippen LogP contribution in [0, 0.1) is 4.91 Å². The molecule has 0 unspecified atom stereocenters. The summed E-state index contributed by atoms with van der Waals surface area (Å²) in [6.45, 7) is 0.0359. The number of carbonyl (C=O) groups excluding carboxylic acids is 2. The molecule has 7 nitrogen and oxygen atoms in total. The maximum absolute atomic E-state index is 11.5. The van der Waals surface area contributed by atoms with Crippen LogP contribution in [-0.2, 0) is 16.1 Å². The second-order valence-corrected chi connectivity index (χ2v) is 4.19. The molecule has 22 heavy (non-hydrogen) atoms. The molecule has 1 amide bonds. The van der Waals surface area contributed by atoms with Crippen molar-refractivity contribution in [3.05, 3.63) is 59.0 Å². The number of hydrogen-bond donors (Lipinski definition) is 1. The molecule has 0 fully saturated rings. The number of ether oxygens (including phenoxy) is 2. The predicted octanol–water partition coefficient (Wildman–Crippen LogP) is 3.37. The van der Waals surface area contributed by atoms with Crippen molar-refractivity contribution in [1.82, 2.24) is 0 Å². The quantitative estimate of drug-likeness (QED) is 0.382. The number of rotatable bonds is 6. The Bertz CT molecular complexity index is 653.